The molecule has 2 aromatic rings. The predicted octanol–water partition coefficient (Wildman–Crippen LogP) is 2.50. The Morgan fingerprint density at radius 2 is 1.82 bits per heavy atom. The summed E-state index contributed by atoms with van der Waals surface area (Å²) in [5.41, 5.74) is 0.539. The minimum atomic E-state index is -3.55. The summed E-state index contributed by atoms with van der Waals surface area (Å²) in [6, 6.07) is 5.92. The second-order valence-electron chi connectivity index (χ2n) is 7.22. The summed E-state index contributed by atoms with van der Waals surface area (Å²) in [6.07, 6.45) is 2.29. The van der Waals surface area contributed by atoms with E-state index in [1.54, 1.807) is 32.9 Å². The number of carbonyl (C=O) groups is 1. The predicted molar refractivity (Wildman–Crippen MR) is 109 cm³/mol. The minimum absolute atomic E-state index is 0.160. The van der Waals surface area contributed by atoms with Gasteiger partial charge in [0.1, 0.15) is 5.82 Å². The maximum atomic E-state index is 12.5. The summed E-state index contributed by atoms with van der Waals surface area (Å²) < 4.78 is 28.8. The Morgan fingerprint density at radius 1 is 1.18 bits per heavy atom. The number of aromatic nitrogens is 3. The average molecular weight is 424 g/mol. The fourth-order valence-electron chi connectivity index (χ4n) is 2.68. The Balaban J connectivity index is 1.61. The van der Waals surface area contributed by atoms with Gasteiger partial charge in [0.2, 0.25) is 15.9 Å². The molecule has 2 N–H and O–H groups in total. The number of anilines is 1. The van der Waals surface area contributed by atoms with Gasteiger partial charge in [-0.15, -0.1) is 10.2 Å². The van der Waals surface area contributed by atoms with Crippen molar-refractivity contribution in [1.29, 1.82) is 0 Å². The highest BCUT2D eigenvalue weighted by molar-refractivity contribution is 8.00. The standard InChI is InChI=1S/C18H25N5O3S2/c1-11(2)22-28(25,26)15-9-7-14(8-10-15)19-17(24)12(3)27-18-21-20-16(23(18)4)13-5-6-13/h7-13,22H,5-6H2,1-4H3,(H,19,24)/t12-/m0/s1. The van der Waals surface area contributed by atoms with E-state index < -0.39 is 10.0 Å². The molecule has 1 aliphatic rings. The van der Waals surface area contributed by atoms with Crippen LogP contribution in [0.25, 0.3) is 0 Å². The largest absolute Gasteiger partial charge is 0.325 e. The van der Waals surface area contributed by atoms with Crippen molar-refractivity contribution in [3.63, 3.8) is 0 Å². The molecule has 1 aromatic carbocycles. The van der Waals surface area contributed by atoms with Crippen LogP contribution in [0.15, 0.2) is 34.3 Å². The lowest BCUT2D eigenvalue weighted by Crippen LogP contribution is -2.30. The van der Waals surface area contributed by atoms with Crippen LogP contribution in [-0.2, 0) is 21.9 Å². The van der Waals surface area contributed by atoms with Gasteiger partial charge in [0.25, 0.3) is 0 Å². The lowest BCUT2D eigenvalue weighted by molar-refractivity contribution is -0.115. The molecule has 1 fully saturated rings. The molecule has 1 heterocycles. The first kappa shape index (κ1) is 20.8. The number of benzene rings is 1. The van der Waals surface area contributed by atoms with E-state index in [1.807, 2.05) is 11.6 Å². The Hall–Kier alpha value is -1.91. The number of sulfonamides is 1. The molecule has 0 aliphatic heterocycles. The molecule has 1 saturated carbocycles. The second-order valence-corrected chi connectivity index (χ2v) is 10.2. The molecule has 0 spiro atoms. The highest BCUT2D eigenvalue weighted by Gasteiger charge is 2.30. The third kappa shape index (κ3) is 4.92. The van der Waals surface area contributed by atoms with Crippen LogP contribution in [0.4, 0.5) is 5.69 Å². The van der Waals surface area contributed by atoms with E-state index in [0.29, 0.717) is 16.8 Å². The van der Waals surface area contributed by atoms with Crippen molar-refractivity contribution < 1.29 is 13.2 Å². The van der Waals surface area contributed by atoms with E-state index in [4.69, 9.17) is 0 Å². The molecule has 3 rings (SSSR count). The van der Waals surface area contributed by atoms with Gasteiger partial charge in [-0.3, -0.25) is 4.79 Å². The van der Waals surface area contributed by atoms with Crippen LogP contribution in [0, 0.1) is 0 Å². The Labute approximate surface area is 169 Å². The van der Waals surface area contributed by atoms with Crippen molar-refractivity contribution in [2.24, 2.45) is 7.05 Å². The van der Waals surface area contributed by atoms with Gasteiger partial charge in [-0.25, -0.2) is 13.1 Å². The third-order valence-electron chi connectivity index (χ3n) is 4.29. The SMILES string of the molecule is CC(C)NS(=O)(=O)c1ccc(NC(=O)[C@H](C)Sc2nnc(C3CC3)n2C)cc1. The number of carbonyl (C=O) groups excluding carboxylic acids is 1. The Morgan fingerprint density at radius 3 is 2.39 bits per heavy atom. The number of thioether (sulfide) groups is 1. The van der Waals surface area contributed by atoms with E-state index in [9.17, 15) is 13.2 Å². The van der Waals surface area contributed by atoms with Crippen LogP contribution in [0.2, 0.25) is 0 Å². The molecule has 0 bridgehead atoms. The van der Waals surface area contributed by atoms with Gasteiger partial charge >= 0.3 is 0 Å². The summed E-state index contributed by atoms with van der Waals surface area (Å²) in [6.45, 7) is 5.32. The summed E-state index contributed by atoms with van der Waals surface area (Å²) >= 11 is 1.35. The third-order valence-corrected chi connectivity index (χ3v) is 7.09. The first-order valence-electron chi connectivity index (χ1n) is 9.16. The number of hydrogen-bond acceptors (Lipinski definition) is 6. The molecule has 28 heavy (non-hydrogen) atoms. The molecule has 1 aliphatic carbocycles. The van der Waals surface area contributed by atoms with Gasteiger partial charge in [-0.2, -0.15) is 0 Å². The molecule has 0 saturated heterocycles. The fourth-order valence-corrected chi connectivity index (χ4v) is 4.75. The summed E-state index contributed by atoms with van der Waals surface area (Å²) in [5.74, 6) is 1.29. The minimum Gasteiger partial charge on any atom is -0.325 e. The molecule has 0 unspecified atom stereocenters. The zero-order chi connectivity index (χ0) is 20.5. The topological polar surface area (TPSA) is 106 Å². The molecular weight excluding hydrogens is 398 g/mol. The number of nitrogens with zero attached hydrogens (tertiary/aromatic N) is 3. The summed E-state index contributed by atoms with van der Waals surface area (Å²) in [7, 11) is -1.63. The van der Waals surface area contributed by atoms with E-state index in [2.05, 4.69) is 20.2 Å². The van der Waals surface area contributed by atoms with Crippen molar-refractivity contribution in [3.8, 4) is 0 Å². The molecular formula is C18H25N5O3S2. The molecule has 1 aromatic heterocycles. The van der Waals surface area contributed by atoms with Crippen LogP contribution in [0.1, 0.15) is 45.4 Å². The van der Waals surface area contributed by atoms with Crippen LogP contribution in [0.5, 0.6) is 0 Å². The molecule has 0 radical (unpaired) electrons. The van der Waals surface area contributed by atoms with Crippen molar-refractivity contribution >= 4 is 33.4 Å². The lowest BCUT2D eigenvalue weighted by Gasteiger charge is -2.13. The van der Waals surface area contributed by atoms with E-state index in [-0.39, 0.29) is 22.1 Å². The van der Waals surface area contributed by atoms with E-state index in [0.717, 1.165) is 18.7 Å². The van der Waals surface area contributed by atoms with Gasteiger partial charge in [-0.05, 0) is 57.9 Å². The summed E-state index contributed by atoms with van der Waals surface area (Å²) in [5, 5.41) is 11.6. The van der Waals surface area contributed by atoms with Crippen molar-refractivity contribution in [2.45, 2.75) is 60.9 Å². The fraction of sp³-hybridized carbons (Fsp3) is 0.500. The molecule has 10 heteroatoms. The second kappa shape index (κ2) is 8.22. The van der Waals surface area contributed by atoms with Gasteiger partial charge in [0, 0.05) is 24.7 Å². The molecule has 1 atom stereocenters. The average Bonchev–Trinajstić information content (AvgIpc) is 3.39. The van der Waals surface area contributed by atoms with Gasteiger partial charge in [-0.1, -0.05) is 11.8 Å². The zero-order valence-electron chi connectivity index (χ0n) is 16.3. The normalized spacial score (nSPS) is 15.6. The van der Waals surface area contributed by atoms with Gasteiger partial charge in [0.05, 0.1) is 10.1 Å². The molecule has 8 nitrogen and oxygen atoms in total. The van der Waals surface area contributed by atoms with Gasteiger partial charge in [0.15, 0.2) is 5.16 Å². The Bertz CT molecular complexity index is 950. The Kier molecular flexibility index (Phi) is 6.11. The number of hydrogen-bond donors (Lipinski definition) is 2. The first-order valence-corrected chi connectivity index (χ1v) is 11.5. The first-order chi connectivity index (χ1) is 13.2. The maximum absolute atomic E-state index is 12.5. The quantitative estimate of drug-likeness (QED) is 0.632. The van der Waals surface area contributed by atoms with Crippen LogP contribution in [-0.4, -0.2) is 40.4 Å². The number of amides is 1. The molecule has 1 amide bonds. The summed E-state index contributed by atoms with van der Waals surface area (Å²) in [4.78, 5) is 12.6. The van der Waals surface area contributed by atoms with Crippen molar-refractivity contribution in [3.05, 3.63) is 30.1 Å². The maximum Gasteiger partial charge on any atom is 0.240 e. The van der Waals surface area contributed by atoms with E-state index in [1.165, 1.54) is 23.9 Å². The van der Waals surface area contributed by atoms with E-state index >= 15 is 0 Å². The highest BCUT2D eigenvalue weighted by atomic mass is 32.2. The van der Waals surface area contributed by atoms with Crippen LogP contribution >= 0.6 is 11.8 Å². The van der Waals surface area contributed by atoms with Crippen molar-refractivity contribution in [2.75, 3.05) is 5.32 Å². The molecule has 152 valence electrons. The van der Waals surface area contributed by atoms with Gasteiger partial charge < -0.3 is 9.88 Å². The monoisotopic (exact) mass is 423 g/mol. The number of nitrogens with one attached hydrogen (secondary N) is 2. The highest BCUT2D eigenvalue weighted by Crippen LogP contribution is 2.39. The van der Waals surface area contributed by atoms with Crippen molar-refractivity contribution in [1.82, 2.24) is 19.5 Å². The zero-order valence-corrected chi connectivity index (χ0v) is 18.0. The lowest BCUT2D eigenvalue weighted by atomic mass is 10.3. The number of rotatable bonds is 8. The van der Waals surface area contributed by atoms with Crippen LogP contribution in [0.3, 0.4) is 0 Å². The van der Waals surface area contributed by atoms with Crippen LogP contribution < -0.4 is 10.0 Å². The smallest absolute Gasteiger partial charge is 0.240 e.